The molecule has 2 aliphatic heterocycles. The largest absolute Gasteiger partial charge is 0.450 e. The molecule has 0 bridgehead atoms. The van der Waals surface area contributed by atoms with E-state index in [1.54, 1.807) is 11.8 Å². The minimum Gasteiger partial charge on any atom is -0.450 e. The van der Waals surface area contributed by atoms with Crippen LogP contribution < -0.4 is 5.32 Å². The summed E-state index contributed by atoms with van der Waals surface area (Å²) >= 11 is 1.44. The van der Waals surface area contributed by atoms with E-state index in [1.807, 2.05) is 49.6 Å². The summed E-state index contributed by atoms with van der Waals surface area (Å²) in [7, 11) is 0. The van der Waals surface area contributed by atoms with Crippen molar-refractivity contribution in [2.45, 2.75) is 39.7 Å². The molecule has 8 heteroatoms. The van der Waals surface area contributed by atoms with Crippen molar-refractivity contribution in [3.63, 3.8) is 0 Å². The Hall–Kier alpha value is -3.13. The van der Waals surface area contributed by atoms with Gasteiger partial charge in [0.1, 0.15) is 5.70 Å². The van der Waals surface area contributed by atoms with E-state index in [-0.39, 0.29) is 23.9 Å². The number of anilines is 1. The molecule has 168 valence electrons. The van der Waals surface area contributed by atoms with Crippen LogP contribution in [-0.4, -0.2) is 53.4 Å². The van der Waals surface area contributed by atoms with Crippen LogP contribution in [0.5, 0.6) is 0 Å². The number of carbonyl (C=O) groups is 3. The number of aryl methyl sites for hydroxylation is 2. The zero-order valence-corrected chi connectivity index (χ0v) is 19.3. The summed E-state index contributed by atoms with van der Waals surface area (Å²) in [5.74, 6) is -0.591. The van der Waals surface area contributed by atoms with Gasteiger partial charge in [0.25, 0.3) is 11.8 Å². The Morgan fingerprint density at radius 2 is 1.91 bits per heavy atom. The molecule has 1 saturated heterocycles. The molecule has 3 heterocycles. The summed E-state index contributed by atoms with van der Waals surface area (Å²) < 4.78 is 5.08. The fraction of sp³-hybridized carbons (Fsp3) is 0.375. The molecule has 0 saturated carbocycles. The number of rotatable bonds is 5. The monoisotopic (exact) mass is 453 g/mol. The lowest BCUT2D eigenvalue weighted by atomic mass is 10.0. The molecule has 4 rings (SSSR count). The standard InChI is InChI=1S/C24H27N3O4S/c1-4-31-24(30)26-11-9-17(10-12-26)27-22(28)20(19-6-5-13-32-19)21(23(27)29)25-18-8-7-15(2)14-16(18)3/h5-8,13-14,17,25H,4,9-12H2,1-3H3. The quantitative estimate of drug-likeness (QED) is 0.687. The second kappa shape index (κ2) is 9.16. The summed E-state index contributed by atoms with van der Waals surface area (Å²) in [6, 6.07) is 9.43. The van der Waals surface area contributed by atoms with Crippen LogP contribution in [0.1, 0.15) is 35.8 Å². The molecule has 0 atom stereocenters. The van der Waals surface area contributed by atoms with Crippen molar-refractivity contribution in [1.29, 1.82) is 0 Å². The number of nitrogens with one attached hydrogen (secondary N) is 1. The number of imide groups is 1. The highest BCUT2D eigenvalue weighted by Gasteiger charge is 2.44. The minimum absolute atomic E-state index is 0.256. The Labute approximate surface area is 191 Å². The van der Waals surface area contributed by atoms with Gasteiger partial charge in [-0.1, -0.05) is 23.8 Å². The number of likely N-dealkylation sites (tertiary alicyclic amines) is 1. The van der Waals surface area contributed by atoms with E-state index in [0.29, 0.717) is 43.8 Å². The van der Waals surface area contributed by atoms with Crippen LogP contribution in [0.25, 0.3) is 5.57 Å². The van der Waals surface area contributed by atoms with Gasteiger partial charge < -0.3 is 15.0 Å². The first-order valence-corrected chi connectivity index (χ1v) is 11.7. The number of hydrogen-bond donors (Lipinski definition) is 1. The summed E-state index contributed by atoms with van der Waals surface area (Å²) in [5, 5.41) is 5.16. The fourth-order valence-electron chi connectivity index (χ4n) is 4.25. The van der Waals surface area contributed by atoms with Crippen LogP contribution >= 0.6 is 11.3 Å². The molecule has 1 aromatic carbocycles. The fourth-order valence-corrected chi connectivity index (χ4v) is 5.02. The summed E-state index contributed by atoms with van der Waals surface area (Å²) in [6.07, 6.45) is 0.718. The van der Waals surface area contributed by atoms with Gasteiger partial charge in [-0.3, -0.25) is 14.5 Å². The van der Waals surface area contributed by atoms with Crippen LogP contribution in [0.3, 0.4) is 0 Å². The molecule has 2 aliphatic rings. The van der Waals surface area contributed by atoms with Crippen LogP contribution in [0.2, 0.25) is 0 Å². The van der Waals surface area contributed by atoms with Crippen molar-refractivity contribution in [2.75, 3.05) is 25.0 Å². The lowest BCUT2D eigenvalue weighted by molar-refractivity contribution is -0.140. The zero-order chi connectivity index (χ0) is 22.8. The maximum Gasteiger partial charge on any atom is 0.409 e. The predicted octanol–water partition coefficient (Wildman–Crippen LogP) is 4.18. The first kappa shape index (κ1) is 22.1. The highest BCUT2D eigenvalue weighted by molar-refractivity contribution is 7.11. The maximum atomic E-state index is 13.5. The molecule has 1 N–H and O–H groups in total. The molecule has 7 nitrogen and oxygen atoms in total. The van der Waals surface area contributed by atoms with Gasteiger partial charge in [0.2, 0.25) is 0 Å². The topological polar surface area (TPSA) is 79.0 Å². The van der Waals surface area contributed by atoms with E-state index in [2.05, 4.69) is 5.32 Å². The van der Waals surface area contributed by atoms with Crippen molar-refractivity contribution < 1.29 is 19.1 Å². The molecule has 0 unspecified atom stereocenters. The van der Waals surface area contributed by atoms with Crippen molar-refractivity contribution in [2.24, 2.45) is 0 Å². The molecule has 0 spiro atoms. The van der Waals surface area contributed by atoms with Gasteiger partial charge in [0.15, 0.2) is 0 Å². The summed E-state index contributed by atoms with van der Waals surface area (Å²) in [6.45, 7) is 6.99. The number of ether oxygens (including phenoxy) is 1. The number of hydrogen-bond acceptors (Lipinski definition) is 6. The number of nitrogens with zero attached hydrogens (tertiary/aromatic N) is 2. The van der Waals surface area contributed by atoms with Crippen molar-refractivity contribution >= 4 is 40.5 Å². The lowest BCUT2D eigenvalue weighted by Gasteiger charge is -2.35. The summed E-state index contributed by atoms with van der Waals surface area (Å²) in [4.78, 5) is 42.8. The van der Waals surface area contributed by atoms with Gasteiger partial charge >= 0.3 is 6.09 Å². The first-order chi connectivity index (χ1) is 15.4. The zero-order valence-electron chi connectivity index (χ0n) is 18.5. The van der Waals surface area contributed by atoms with Gasteiger partial charge in [-0.05, 0) is 56.7 Å². The number of benzene rings is 1. The van der Waals surface area contributed by atoms with E-state index < -0.39 is 0 Å². The van der Waals surface area contributed by atoms with E-state index >= 15 is 0 Å². The second-order valence-corrected chi connectivity index (χ2v) is 9.02. The highest BCUT2D eigenvalue weighted by atomic mass is 32.1. The van der Waals surface area contributed by atoms with Gasteiger partial charge in [-0.15, -0.1) is 11.3 Å². The molecule has 1 aromatic heterocycles. The number of carbonyl (C=O) groups excluding carboxylic acids is 3. The van der Waals surface area contributed by atoms with Crippen molar-refractivity contribution in [3.8, 4) is 0 Å². The van der Waals surface area contributed by atoms with Gasteiger partial charge in [-0.2, -0.15) is 0 Å². The smallest absolute Gasteiger partial charge is 0.409 e. The van der Waals surface area contributed by atoms with Crippen LogP contribution in [-0.2, 0) is 14.3 Å². The van der Waals surface area contributed by atoms with Crippen molar-refractivity contribution in [3.05, 3.63) is 57.4 Å². The molecule has 0 radical (unpaired) electrons. The van der Waals surface area contributed by atoms with Crippen LogP contribution in [0.4, 0.5) is 10.5 Å². The van der Waals surface area contributed by atoms with Gasteiger partial charge in [0.05, 0.1) is 12.2 Å². The molecule has 3 amide bonds. The minimum atomic E-state index is -0.348. The molecule has 2 aromatic rings. The van der Waals surface area contributed by atoms with E-state index in [1.165, 1.54) is 16.2 Å². The Morgan fingerprint density at radius 3 is 2.53 bits per heavy atom. The van der Waals surface area contributed by atoms with Crippen LogP contribution in [0, 0.1) is 13.8 Å². The first-order valence-electron chi connectivity index (χ1n) is 10.8. The number of amides is 3. The van der Waals surface area contributed by atoms with Crippen LogP contribution in [0.15, 0.2) is 41.4 Å². The average Bonchev–Trinajstić information content (AvgIpc) is 3.37. The highest BCUT2D eigenvalue weighted by Crippen LogP contribution is 2.36. The maximum absolute atomic E-state index is 13.5. The third-order valence-electron chi connectivity index (χ3n) is 5.88. The molecule has 32 heavy (non-hydrogen) atoms. The Morgan fingerprint density at radius 1 is 1.16 bits per heavy atom. The average molecular weight is 454 g/mol. The SMILES string of the molecule is CCOC(=O)N1CCC(N2C(=O)C(Nc3ccc(C)cc3C)=C(c3cccs3)C2=O)CC1. The molecule has 0 aliphatic carbocycles. The normalized spacial score (nSPS) is 17.3. The molecular weight excluding hydrogens is 426 g/mol. The van der Waals surface area contributed by atoms with E-state index in [0.717, 1.165) is 21.7 Å². The Balaban J connectivity index is 1.60. The second-order valence-electron chi connectivity index (χ2n) is 8.07. The summed E-state index contributed by atoms with van der Waals surface area (Å²) in [5.41, 5.74) is 3.67. The third-order valence-corrected chi connectivity index (χ3v) is 6.77. The third kappa shape index (κ3) is 4.14. The predicted molar refractivity (Wildman–Crippen MR) is 124 cm³/mol. The number of piperidine rings is 1. The number of thiophene rings is 1. The molecule has 1 fully saturated rings. The van der Waals surface area contributed by atoms with Gasteiger partial charge in [-0.25, -0.2) is 4.79 Å². The Kier molecular flexibility index (Phi) is 6.32. The Bertz CT molecular complexity index is 1070. The lowest BCUT2D eigenvalue weighted by Crippen LogP contribution is -2.49. The van der Waals surface area contributed by atoms with Gasteiger partial charge in [0, 0.05) is 29.7 Å². The van der Waals surface area contributed by atoms with Crippen molar-refractivity contribution in [1.82, 2.24) is 9.80 Å². The van der Waals surface area contributed by atoms with E-state index in [9.17, 15) is 14.4 Å². The molecular formula is C24H27N3O4S. The van der Waals surface area contributed by atoms with E-state index in [4.69, 9.17) is 4.74 Å².